The number of hydrogen-bond acceptors (Lipinski definition) is 5. The first kappa shape index (κ1) is 7.66. The molecule has 2 aromatic heterocycles. The molecule has 0 atom stereocenters. The lowest BCUT2D eigenvalue weighted by atomic mass is 10.3. The van der Waals surface area contributed by atoms with Gasteiger partial charge in [-0.25, -0.2) is 15.0 Å². The number of nitrogen functional groups attached to an aromatic ring is 1. The van der Waals surface area contributed by atoms with E-state index in [0.717, 1.165) is 0 Å². The van der Waals surface area contributed by atoms with Crippen LogP contribution < -0.4 is 5.73 Å². The molecule has 0 aliphatic rings. The van der Waals surface area contributed by atoms with Crippen LogP contribution in [0.15, 0.2) is 18.9 Å². The van der Waals surface area contributed by atoms with E-state index < -0.39 is 0 Å². The Hall–Kier alpha value is -1.98. The van der Waals surface area contributed by atoms with Crippen LogP contribution in [0.3, 0.4) is 0 Å². The summed E-state index contributed by atoms with van der Waals surface area (Å²) in [6.07, 6.45) is 4.58. The maximum absolute atomic E-state index is 5.62. The highest BCUT2D eigenvalue weighted by Gasteiger charge is 2.07. The molecule has 0 saturated heterocycles. The highest BCUT2D eigenvalue weighted by atomic mass is 15.3. The van der Waals surface area contributed by atoms with E-state index in [9.17, 15) is 0 Å². The SMILES string of the molecule is Cn1cnc(-c2cncnc2N)n1. The van der Waals surface area contributed by atoms with Crippen molar-refractivity contribution in [2.45, 2.75) is 0 Å². The van der Waals surface area contributed by atoms with E-state index in [4.69, 9.17) is 5.73 Å². The molecule has 0 radical (unpaired) electrons. The number of hydrogen-bond donors (Lipinski definition) is 1. The van der Waals surface area contributed by atoms with Crippen LogP contribution in [0.25, 0.3) is 11.4 Å². The van der Waals surface area contributed by atoms with Crippen LogP contribution >= 0.6 is 0 Å². The summed E-state index contributed by atoms with van der Waals surface area (Å²) < 4.78 is 1.60. The van der Waals surface area contributed by atoms with Gasteiger partial charge in [0.25, 0.3) is 0 Å². The second-order valence-corrected chi connectivity index (χ2v) is 2.56. The highest BCUT2D eigenvalue weighted by Crippen LogP contribution is 2.17. The molecule has 0 bridgehead atoms. The minimum atomic E-state index is 0.390. The summed E-state index contributed by atoms with van der Waals surface area (Å²) in [7, 11) is 1.79. The molecule has 0 unspecified atom stereocenters. The zero-order valence-corrected chi connectivity index (χ0v) is 7.05. The van der Waals surface area contributed by atoms with E-state index in [2.05, 4.69) is 20.1 Å². The monoisotopic (exact) mass is 176 g/mol. The number of nitrogens with zero attached hydrogens (tertiary/aromatic N) is 5. The largest absolute Gasteiger partial charge is 0.383 e. The first-order chi connectivity index (χ1) is 6.27. The van der Waals surface area contributed by atoms with Gasteiger partial charge in [0.2, 0.25) is 0 Å². The Balaban J connectivity index is 2.52. The molecular weight excluding hydrogens is 168 g/mol. The molecule has 6 nitrogen and oxygen atoms in total. The summed E-state index contributed by atoms with van der Waals surface area (Å²) in [5.74, 6) is 0.932. The standard InChI is InChI=1S/C7H8N6/c1-13-4-11-7(12-13)5-2-9-3-10-6(5)8/h2-4H,1H3,(H2,8,9,10). The number of aryl methyl sites for hydroxylation is 1. The van der Waals surface area contributed by atoms with Crippen molar-refractivity contribution in [3.63, 3.8) is 0 Å². The molecule has 6 heteroatoms. The van der Waals surface area contributed by atoms with Crippen molar-refractivity contribution in [3.05, 3.63) is 18.9 Å². The van der Waals surface area contributed by atoms with Crippen molar-refractivity contribution in [3.8, 4) is 11.4 Å². The minimum absolute atomic E-state index is 0.390. The molecule has 0 amide bonds. The smallest absolute Gasteiger partial charge is 0.186 e. The van der Waals surface area contributed by atoms with Gasteiger partial charge >= 0.3 is 0 Å². The second-order valence-electron chi connectivity index (χ2n) is 2.56. The van der Waals surface area contributed by atoms with Gasteiger partial charge in [0.1, 0.15) is 18.5 Å². The van der Waals surface area contributed by atoms with Crippen molar-refractivity contribution in [2.75, 3.05) is 5.73 Å². The van der Waals surface area contributed by atoms with Crippen molar-refractivity contribution in [2.24, 2.45) is 7.05 Å². The van der Waals surface area contributed by atoms with Gasteiger partial charge in [-0.1, -0.05) is 0 Å². The first-order valence-electron chi connectivity index (χ1n) is 3.69. The molecule has 2 heterocycles. The Morgan fingerprint density at radius 1 is 1.38 bits per heavy atom. The van der Waals surface area contributed by atoms with Crippen molar-refractivity contribution in [1.29, 1.82) is 0 Å². The van der Waals surface area contributed by atoms with Gasteiger partial charge in [0.15, 0.2) is 5.82 Å². The molecular formula is C7H8N6. The molecule has 2 rings (SSSR count). The summed E-state index contributed by atoms with van der Waals surface area (Å²) in [6.45, 7) is 0. The summed E-state index contributed by atoms with van der Waals surface area (Å²) >= 11 is 0. The second kappa shape index (κ2) is 2.81. The normalized spacial score (nSPS) is 10.2. The van der Waals surface area contributed by atoms with E-state index in [1.54, 1.807) is 24.3 Å². The molecule has 0 aliphatic carbocycles. The molecule has 2 N–H and O–H groups in total. The minimum Gasteiger partial charge on any atom is -0.383 e. The fourth-order valence-electron chi connectivity index (χ4n) is 0.974. The average Bonchev–Trinajstić information content (AvgIpc) is 2.53. The van der Waals surface area contributed by atoms with E-state index in [0.29, 0.717) is 17.2 Å². The zero-order valence-electron chi connectivity index (χ0n) is 7.05. The van der Waals surface area contributed by atoms with E-state index in [1.807, 2.05) is 0 Å². The molecule has 66 valence electrons. The van der Waals surface area contributed by atoms with Gasteiger partial charge in [0, 0.05) is 13.2 Å². The van der Waals surface area contributed by atoms with Crippen LogP contribution in [-0.4, -0.2) is 24.7 Å². The van der Waals surface area contributed by atoms with Gasteiger partial charge in [-0.05, 0) is 0 Å². The van der Waals surface area contributed by atoms with E-state index in [1.165, 1.54) is 6.33 Å². The fourth-order valence-corrected chi connectivity index (χ4v) is 0.974. The molecule has 13 heavy (non-hydrogen) atoms. The van der Waals surface area contributed by atoms with Crippen molar-refractivity contribution in [1.82, 2.24) is 24.7 Å². The summed E-state index contributed by atoms with van der Waals surface area (Å²) in [5, 5.41) is 4.09. The zero-order chi connectivity index (χ0) is 9.26. The molecule has 0 aromatic carbocycles. The lowest BCUT2D eigenvalue weighted by Crippen LogP contribution is -1.96. The molecule has 0 saturated carbocycles. The Morgan fingerprint density at radius 3 is 2.85 bits per heavy atom. The quantitative estimate of drug-likeness (QED) is 0.653. The third-order valence-electron chi connectivity index (χ3n) is 1.58. The molecule has 0 aliphatic heterocycles. The van der Waals surface area contributed by atoms with Crippen molar-refractivity contribution >= 4 is 5.82 Å². The number of aromatic nitrogens is 5. The maximum atomic E-state index is 5.62. The van der Waals surface area contributed by atoms with Gasteiger partial charge in [-0.3, -0.25) is 4.68 Å². The van der Waals surface area contributed by atoms with Crippen LogP contribution in [0.4, 0.5) is 5.82 Å². The van der Waals surface area contributed by atoms with Crippen molar-refractivity contribution < 1.29 is 0 Å². The Bertz CT molecular complexity index is 420. The van der Waals surface area contributed by atoms with Gasteiger partial charge in [0.05, 0.1) is 5.56 Å². The summed E-state index contributed by atoms with van der Waals surface area (Å²) in [5.41, 5.74) is 6.28. The van der Waals surface area contributed by atoms with Crippen LogP contribution in [0.2, 0.25) is 0 Å². The summed E-state index contributed by atoms with van der Waals surface area (Å²) in [4.78, 5) is 11.7. The van der Waals surface area contributed by atoms with Gasteiger partial charge < -0.3 is 5.73 Å². The Labute approximate surface area is 74.5 Å². The van der Waals surface area contributed by atoms with Gasteiger partial charge in [-0.2, -0.15) is 5.10 Å². The first-order valence-corrected chi connectivity index (χ1v) is 3.69. The van der Waals surface area contributed by atoms with Crippen LogP contribution in [0, 0.1) is 0 Å². The lowest BCUT2D eigenvalue weighted by molar-refractivity contribution is 0.768. The van der Waals surface area contributed by atoms with E-state index >= 15 is 0 Å². The third-order valence-corrected chi connectivity index (χ3v) is 1.58. The van der Waals surface area contributed by atoms with Gasteiger partial charge in [-0.15, -0.1) is 0 Å². The number of anilines is 1. The van der Waals surface area contributed by atoms with Crippen LogP contribution in [0.5, 0.6) is 0 Å². The predicted octanol–water partition coefficient (Wildman–Crippen LogP) is -0.146. The molecule has 0 spiro atoms. The number of rotatable bonds is 1. The molecule has 0 fully saturated rings. The Kier molecular flexibility index (Phi) is 1.66. The summed E-state index contributed by atoms with van der Waals surface area (Å²) in [6, 6.07) is 0. The highest BCUT2D eigenvalue weighted by molar-refractivity contribution is 5.66. The van der Waals surface area contributed by atoms with Crippen LogP contribution in [-0.2, 0) is 7.05 Å². The predicted molar refractivity (Wildman–Crippen MR) is 46.4 cm³/mol. The van der Waals surface area contributed by atoms with Crippen LogP contribution in [0.1, 0.15) is 0 Å². The maximum Gasteiger partial charge on any atom is 0.186 e. The Morgan fingerprint density at radius 2 is 2.23 bits per heavy atom. The average molecular weight is 176 g/mol. The lowest BCUT2D eigenvalue weighted by Gasteiger charge is -1.96. The fraction of sp³-hybridized carbons (Fsp3) is 0.143. The topological polar surface area (TPSA) is 82.5 Å². The third kappa shape index (κ3) is 1.33. The molecule has 2 aromatic rings. The van der Waals surface area contributed by atoms with E-state index in [-0.39, 0.29) is 0 Å². The number of nitrogens with two attached hydrogens (primary N) is 1.